The number of benzene rings is 2. The van der Waals surface area contributed by atoms with Crippen LogP contribution in [0.25, 0.3) is 11.4 Å². The molecule has 3 heterocycles. The molecule has 2 aromatic carbocycles. The Morgan fingerprint density at radius 3 is 2.29 bits per heavy atom. The van der Waals surface area contributed by atoms with Gasteiger partial charge in [-0.05, 0) is 33.0 Å². The lowest BCUT2D eigenvalue weighted by molar-refractivity contribution is -0.119. The maximum absolute atomic E-state index is 13.9. The van der Waals surface area contributed by atoms with Gasteiger partial charge in [-0.3, -0.25) is 19.4 Å². The summed E-state index contributed by atoms with van der Waals surface area (Å²) in [6.45, 7) is 7.66. The summed E-state index contributed by atoms with van der Waals surface area (Å²) in [6.07, 6.45) is 1.56. The molecule has 0 unspecified atom stereocenters. The van der Waals surface area contributed by atoms with E-state index in [-0.39, 0.29) is 24.4 Å². The van der Waals surface area contributed by atoms with Crippen LogP contribution in [0.3, 0.4) is 0 Å². The summed E-state index contributed by atoms with van der Waals surface area (Å²) in [5.41, 5.74) is 2.50. The lowest BCUT2D eigenvalue weighted by Crippen LogP contribution is -2.48. The van der Waals surface area contributed by atoms with Crippen LogP contribution >= 0.6 is 0 Å². The van der Waals surface area contributed by atoms with Gasteiger partial charge in [0.25, 0.3) is 5.91 Å². The first kappa shape index (κ1) is 23.1. The third kappa shape index (κ3) is 4.42. The van der Waals surface area contributed by atoms with E-state index < -0.39 is 0 Å². The van der Waals surface area contributed by atoms with Gasteiger partial charge in [-0.15, -0.1) is 0 Å². The summed E-state index contributed by atoms with van der Waals surface area (Å²) in [6, 6.07) is 17.1. The molecule has 1 fully saturated rings. The van der Waals surface area contributed by atoms with Crippen LogP contribution in [0.4, 0.5) is 17.2 Å². The minimum atomic E-state index is -0.211. The maximum atomic E-state index is 13.9. The molecular formula is C27H30N6O2. The zero-order chi connectivity index (χ0) is 24.5. The Bertz CT molecular complexity index is 1240. The minimum Gasteiger partial charge on any atom is -0.304 e. The van der Waals surface area contributed by atoms with E-state index in [9.17, 15) is 9.59 Å². The summed E-state index contributed by atoms with van der Waals surface area (Å²) in [7, 11) is 2.09. The molecule has 0 spiro atoms. The second-order valence-corrected chi connectivity index (χ2v) is 9.36. The molecule has 0 N–H and O–H groups in total. The van der Waals surface area contributed by atoms with Gasteiger partial charge in [0, 0.05) is 44.0 Å². The van der Waals surface area contributed by atoms with Crippen LogP contribution in [-0.4, -0.2) is 77.4 Å². The van der Waals surface area contributed by atoms with Crippen molar-refractivity contribution in [2.75, 3.05) is 49.6 Å². The van der Waals surface area contributed by atoms with Crippen molar-refractivity contribution < 1.29 is 9.59 Å². The molecule has 2 aliphatic rings. The van der Waals surface area contributed by atoms with Gasteiger partial charge in [-0.1, -0.05) is 42.5 Å². The highest BCUT2D eigenvalue weighted by molar-refractivity contribution is 6.18. The van der Waals surface area contributed by atoms with Crippen molar-refractivity contribution in [2.45, 2.75) is 19.9 Å². The number of piperazine rings is 1. The van der Waals surface area contributed by atoms with Gasteiger partial charge in [-0.2, -0.15) is 0 Å². The third-order valence-electron chi connectivity index (χ3n) is 6.56. The molecule has 8 nitrogen and oxygen atoms in total. The summed E-state index contributed by atoms with van der Waals surface area (Å²) >= 11 is 0. The normalized spacial score (nSPS) is 16.7. The monoisotopic (exact) mass is 470 g/mol. The number of hydrogen-bond donors (Lipinski definition) is 0. The fraction of sp³-hybridized carbons (Fsp3) is 0.333. The average Bonchev–Trinajstić information content (AvgIpc) is 2.97. The second kappa shape index (κ2) is 9.56. The van der Waals surface area contributed by atoms with E-state index in [1.165, 1.54) is 0 Å². The Balaban J connectivity index is 1.65. The number of fused-ring (bicyclic) bond motifs is 2. The number of carbonyl (C=O) groups excluding carboxylic acids is 2. The minimum absolute atomic E-state index is 0.112. The van der Waals surface area contributed by atoms with Crippen LogP contribution in [0.1, 0.15) is 24.2 Å². The van der Waals surface area contributed by atoms with E-state index in [1.807, 2.05) is 68.4 Å². The molecule has 0 atom stereocenters. The molecule has 1 aromatic heterocycles. The predicted octanol–water partition coefficient (Wildman–Crippen LogP) is 3.42. The molecule has 8 heteroatoms. The van der Waals surface area contributed by atoms with Crippen molar-refractivity contribution in [3.63, 3.8) is 0 Å². The van der Waals surface area contributed by atoms with Gasteiger partial charge in [0.1, 0.15) is 5.56 Å². The molecule has 2 aliphatic heterocycles. The third-order valence-corrected chi connectivity index (χ3v) is 6.56. The molecular weight excluding hydrogens is 440 g/mol. The van der Waals surface area contributed by atoms with Gasteiger partial charge in [0.05, 0.1) is 17.9 Å². The first-order valence-electron chi connectivity index (χ1n) is 12.0. The number of nitrogens with zero attached hydrogens (tertiary/aromatic N) is 6. The zero-order valence-corrected chi connectivity index (χ0v) is 20.4. The van der Waals surface area contributed by atoms with Crippen LogP contribution in [0, 0.1) is 0 Å². The Morgan fingerprint density at radius 1 is 0.943 bits per heavy atom. The fourth-order valence-corrected chi connectivity index (χ4v) is 4.66. The first-order chi connectivity index (χ1) is 16.9. The number of aromatic nitrogens is 2. The van der Waals surface area contributed by atoms with Gasteiger partial charge >= 0.3 is 0 Å². The standard InChI is InChI=1S/C27H30N6O2/c1-19(2)32-22-11-7-8-12-23(22)33(24(34)18-31-15-13-30(3)14-16-31)26-21(27(32)35)17-28-25(29-26)20-9-5-4-6-10-20/h4-12,17,19H,13-16,18H2,1-3H3. The molecule has 2 amide bonds. The van der Waals surface area contributed by atoms with E-state index in [2.05, 4.69) is 21.8 Å². The Hall–Kier alpha value is -3.62. The Kier molecular flexibility index (Phi) is 6.32. The van der Waals surface area contributed by atoms with E-state index in [1.54, 1.807) is 16.0 Å². The van der Waals surface area contributed by atoms with Crippen molar-refractivity contribution in [3.05, 3.63) is 66.4 Å². The smallest absolute Gasteiger partial charge is 0.263 e. The topological polar surface area (TPSA) is 72.9 Å². The molecule has 3 aromatic rings. The fourth-order valence-electron chi connectivity index (χ4n) is 4.66. The van der Waals surface area contributed by atoms with Crippen LogP contribution < -0.4 is 9.80 Å². The van der Waals surface area contributed by atoms with Crippen LogP contribution in [0.5, 0.6) is 0 Å². The lowest BCUT2D eigenvalue weighted by atomic mass is 10.2. The van der Waals surface area contributed by atoms with Gasteiger partial charge < -0.3 is 9.80 Å². The molecule has 180 valence electrons. The van der Waals surface area contributed by atoms with Crippen molar-refractivity contribution >= 4 is 29.0 Å². The lowest BCUT2D eigenvalue weighted by Gasteiger charge is -2.33. The highest BCUT2D eigenvalue weighted by atomic mass is 16.2. The molecule has 5 rings (SSSR count). The quantitative estimate of drug-likeness (QED) is 0.582. The maximum Gasteiger partial charge on any atom is 0.263 e. The van der Waals surface area contributed by atoms with E-state index >= 15 is 0 Å². The summed E-state index contributed by atoms with van der Waals surface area (Å²) < 4.78 is 0. The number of anilines is 3. The average molecular weight is 471 g/mol. The van der Waals surface area contributed by atoms with E-state index in [4.69, 9.17) is 4.98 Å². The van der Waals surface area contributed by atoms with Crippen molar-refractivity contribution in [1.29, 1.82) is 0 Å². The SMILES string of the molecule is CC(C)N1C(=O)c2cnc(-c3ccccc3)nc2N(C(=O)CN2CCN(C)CC2)c2ccccc21. The molecule has 0 radical (unpaired) electrons. The first-order valence-corrected chi connectivity index (χ1v) is 12.0. The highest BCUT2D eigenvalue weighted by Crippen LogP contribution is 2.41. The number of likely N-dealkylation sites (N-methyl/N-ethyl adjacent to an activating group) is 1. The molecule has 1 saturated heterocycles. The molecule has 35 heavy (non-hydrogen) atoms. The summed E-state index contributed by atoms with van der Waals surface area (Å²) in [5.74, 6) is 0.486. The number of carbonyl (C=O) groups is 2. The summed E-state index contributed by atoms with van der Waals surface area (Å²) in [5, 5.41) is 0. The molecule has 0 saturated carbocycles. The predicted molar refractivity (Wildman–Crippen MR) is 137 cm³/mol. The zero-order valence-electron chi connectivity index (χ0n) is 20.4. The second-order valence-electron chi connectivity index (χ2n) is 9.36. The molecule has 0 bridgehead atoms. The van der Waals surface area contributed by atoms with E-state index in [0.717, 1.165) is 31.7 Å². The van der Waals surface area contributed by atoms with Crippen LogP contribution in [0.15, 0.2) is 60.8 Å². The van der Waals surface area contributed by atoms with Crippen molar-refractivity contribution in [2.24, 2.45) is 0 Å². The Labute approximate surface area is 205 Å². The number of para-hydroxylation sites is 2. The Morgan fingerprint density at radius 2 is 1.60 bits per heavy atom. The largest absolute Gasteiger partial charge is 0.304 e. The van der Waals surface area contributed by atoms with Crippen LogP contribution in [0.2, 0.25) is 0 Å². The summed E-state index contributed by atoms with van der Waals surface area (Å²) in [4.78, 5) is 44.8. The van der Waals surface area contributed by atoms with Crippen molar-refractivity contribution in [3.8, 4) is 11.4 Å². The number of hydrogen-bond acceptors (Lipinski definition) is 6. The highest BCUT2D eigenvalue weighted by Gasteiger charge is 2.37. The van der Waals surface area contributed by atoms with Gasteiger partial charge in [0.15, 0.2) is 11.6 Å². The van der Waals surface area contributed by atoms with Gasteiger partial charge in [-0.25, -0.2) is 9.97 Å². The number of rotatable bonds is 4. The van der Waals surface area contributed by atoms with Crippen LogP contribution in [-0.2, 0) is 4.79 Å². The molecule has 0 aliphatic carbocycles. The number of amides is 2. The van der Waals surface area contributed by atoms with Gasteiger partial charge in [0.2, 0.25) is 5.91 Å². The van der Waals surface area contributed by atoms with Crippen molar-refractivity contribution in [1.82, 2.24) is 19.8 Å². The van der Waals surface area contributed by atoms with E-state index in [0.29, 0.717) is 28.6 Å².